The van der Waals surface area contributed by atoms with E-state index in [0.29, 0.717) is 5.89 Å². The molecule has 1 aliphatic carbocycles. The van der Waals surface area contributed by atoms with Crippen LogP contribution in [-0.2, 0) is 6.42 Å². The number of hydrogen-bond donors (Lipinski definition) is 1. The Morgan fingerprint density at radius 2 is 2.14 bits per heavy atom. The third-order valence-electron chi connectivity index (χ3n) is 2.81. The minimum atomic E-state index is -0.153. The Hall–Kier alpha value is -0.900. The lowest BCUT2D eigenvalue weighted by molar-refractivity contribution is 0.394. The van der Waals surface area contributed by atoms with Crippen molar-refractivity contribution in [2.45, 2.75) is 45.1 Å². The maximum atomic E-state index is 5.64. The molecule has 1 saturated carbocycles. The van der Waals surface area contributed by atoms with E-state index in [-0.39, 0.29) is 6.04 Å². The lowest BCUT2D eigenvalue weighted by atomic mass is 10.0. The first kappa shape index (κ1) is 9.65. The second kappa shape index (κ2) is 4.09. The molecule has 1 heterocycles. The molecule has 2 rings (SSSR count). The standard InChI is InChI=1S/C10H17N3O/c1-7(11)10-13-12-9(14-10)6-8-4-2-3-5-8/h7-8H,2-6,11H2,1H3. The van der Waals surface area contributed by atoms with E-state index in [1.807, 2.05) is 6.92 Å². The average Bonchev–Trinajstić information content (AvgIpc) is 2.75. The van der Waals surface area contributed by atoms with Crippen molar-refractivity contribution < 1.29 is 4.42 Å². The van der Waals surface area contributed by atoms with Crippen molar-refractivity contribution >= 4 is 0 Å². The fraction of sp³-hybridized carbons (Fsp3) is 0.800. The van der Waals surface area contributed by atoms with E-state index in [1.165, 1.54) is 25.7 Å². The summed E-state index contributed by atoms with van der Waals surface area (Å²) in [6, 6.07) is -0.153. The summed E-state index contributed by atoms with van der Waals surface area (Å²) in [5.74, 6) is 2.05. The zero-order valence-corrected chi connectivity index (χ0v) is 8.57. The lowest BCUT2D eigenvalue weighted by Gasteiger charge is -2.03. The molecule has 1 aromatic rings. The third-order valence-corrected chi connectivity index (χ3v) is 2.81. The van der Waals surface area contributed by atoms with Gasteiger partial charge in [0.1, 0.15) is 0 Å². The number of hydrogen-bond acceptors (Lipinski definition) is 4. The summed E-state index contributed by atoms with van der Waals surface area (Å²) in [5, 5.41) is 7.92. The van der Waals surface area contributed by atoms with Crippen LogP contribution in [0.4, 0.5) is 0 Å². The first-order chi connectivity index (χ1) is 6.75. The van der Waals surface area contributed by atoms with Gasteiger partial charge < -0.3 is 10.2 Å². The monoisotopic (exact) mass is 195 g/mol. The van der Waals surface area contributed by atoms with E-state index in [9.17, 15) is 0 Å². The fourth-order valence-electron chi connectivity index (χ4n) is 1.99. The van der Waals surface area contributed by atoms with Crippen LogP contribution in [0.25, 0.3) is 0 Å². The van der Waals surface area contributed by atoms with Crippen molar-refractivity contribution in [1.29, 1.82) is 0 Å². The van der Waals surface area contributed by atoms with Crippen LogP contribution in [0, 0.1) is 5.92 Å². The molecule has 0 bridgehead atoms. The van der Waals surface area contributed by atoms with Gasteiger partial charge in [-0.1, -0.05) is 12.8 Å². The molecule has 0 spiro atoms. The highest BCUT2D eigenvalue weighted by atomic mass is 16.4. The molecule has 4 heteroatoms. The van der Waals surface area contributed by atoms with Gasteiger partial charge >= 0.3 is 0 Å². The second-order valence-electron chi connectivity index (χ2n) is 4.18. The number of nitrogens with zero attached hydrogens (tertiary/aromatic N) is 2. The Balaban J connectivity index is 1.95. The molecule has 1 fully saturated rings. The van der Waals surface area contributed by atoms with Crippen LogP contribution in [0.2, 0.25) is 0 Å². The molecule has 78 valence electrons. The third kappa shape index (κ3) is 2.12. The summed E-state index contributed by atoms with van der Waals surface area (Å²) in [6.45, 7) is 1.85. The Morgan fingerprint density at radius 3 is 2.71 bits per heavy atom. The molecule has 0 saturated heterocycles. The van der Waals surface area contributed by atoms with E-state index in [2.05, 4.69) is 10.2 Å². The molecular weight excluding hydrogens is 178 g/mol. The van der Waals surface area contributed by atoms with E-state index in [0.717, 1.165) is 18.2 Å². The van der Waals surface area contributed by atoms with Crippen LogP contribution in [0.3, 0.4) is 0 Å². The molecule has 1 aliphatic rings. The van der Waals surface area contributed by atoms with Gasteiger partial charge in [0.05, 0.1) is 6.04 Å². The van der Waals surface area contributed by atoms with Gasteiger partial charge in [-0.25, -0.2) is 0 Å². The van der Waals surface area contributed by atoms with Gasteiger partial charge in [-0.3, -0.25) is 0 Å². The first-order valence-corrected chi connectivity index (χ1v) is 5.33. The van der Waals surface area contributed by atoms with Crippen molar-refractivity contribution in [1.82, 2.24) is 10.2 Å². The molecule has 4 nitrogen and oxygen atoms in total. The first-order valence-electron chi connectivity index (χ1n) is 5.33. The maximum Gasteiger partial charge on any atom is 0.232 e. The Bertz CT molecular complexity index is 289. The van der Waals surface area contributed by atoms with E-state index >= 15 is 0 Å². The van der Waals surface area contributed by atoms with Gasteiger partial charge in [-0.05, 0) is 25.7 Å². The molecule has 1 unspecified atom stereocenters. The predicted octanol–water partition coefficient (Wildman–Crippen LogP) is 1.82. The van der Waals surface area contributed by atoms with Gasteiger partial charge in [-0.15, -0.1) is 10.2 Å². The van der Waals surface area contributed by atoms with Gasteiger partial charge in [0.15, 0.2) is 0 Å². The number of nitrogens with two attached hydrogens (primary N) is 1. The van der Waals surface area contributed by atoms with Crippen LogP contribution in [-0.4, -0.2) is 10.2 Å². The van der Waals surface area contributed by atoms with Crippen molar-refractivity contribution in [2.24, 2.45) is 11.7 Å². The zero-order chi connectivity index (χ0) is 9.97. The van der Waals surface area contributed by atoms with Crippen LogP contribution in [0.1, 0.15) is 50.4 Å². The molecule has 0 aromatic carbocycles. The van der Waals surface area contributed by atoms with Gasteiger partial charge in [0.2, 0.25) is 11.8 Å². The molecule has 1 aromatic heterocycles. The molecule has 0 aliphatic heterocycles. The van der Waals surface area contributed by atoms with E-state index < -0.39 is 0 Å². The van der Waals surface area contributed by atoms with Crippen LogP contribution in [0.5, 0.6) is 0 Å². The lowest BCUT2D eigenvalue weighted by Crippen LogP contribution is -2.04. The van der Waals surface area contributed by atoms with Crippen LogP contribution in [0.15, 0.2) is 4.42 Å². The van der Waals surface area contributed by atoms with Gasteiger partial charge in [0, 0.05) is 6.42 Å². The van der Waals surface area contributed by atoms with Gasteiger partial charge in [-0.2, -0.15) is 0 Å². The van der Waals surface area contributed by atoms with Crippen molar-refractivity contribution in [3.8, 4) is 0 Å². The topological polar surface area (TPSA) is 64.9 Å². The normalized spacial score (nSPS) is 20.1. The fourth-order valence-corrected chi connectivity index (χ4v) is 1.99. The summed E-state index contributed by atoms with van der Waals surface area (Å²) < 4.78 is 5.46. The minimum absolute atomic E-state index is 0.153. The Kier molecular flexibility index (Phi) is 2.82. The highest BCUT2D eigenvalue weighted by molar-refractivity contribution is 4.88. The number of rotatable bonds is 3. The number of aromatic nitrogens is 2. The maximum absolute atomic E-state index is 5.64. The summed E-state index contributed by atoms with van der Waals surface area (Å²) >= 11 is 0. The largest absolute Gasteiger partial charge is 0.424 e. The minimum Gasteiger partial charge on any atom is -0.424 e. The second-order valence-corrected chi connectivity index (χ2v) is 4.18. The highest BCUT2D eigenvalue weighted by Gasteiger charge is 2.19. The van der Waals surface area contributed by atoms with Crippen LogP contribution >= 0.6 is 0 Å². The Labute approximate surface area is 83.9 Å². The summed E-state index contributed by atoms with van der Waals surface area (Å²) in [4.78, 5) is 0. The molecule has 14 heavy (non-hydrogen) atoms. The van der Waals surface area contributed by atoms with Crippen LogP contribution < -0.4 is 5.73 Å². The van der Waals surface area contributed by atoms with E-state index in [4.69, 9.17) is 10.2 Å². The summed E-state index contributed by atoms with van der Waals surface area (Å²) in [7, 11) is 0. The quantitative estimate of drug-likeness (QED) is 0.799. The Morgan fingerprint density at radius 1 is 1.43 bits per heavy atom. The summed E-state index contributed by atoms with van der Waals surface area (Å²) in [5.41, 5.74) is 5.64. The molecule has 0 radical (unpaired) electrons. The van der Waals surface area contributed by atoms with Crippen molar-refractivity contribution in [2.75, 3.05) is 0 Å². The SMILES string of the molecule is CC(N)c1nnc(CC2CCCC2)o1. The van der Waals surface area contributed by atoms with E-state index in [1.54, 1.807) is 0 Å². The molecule has 2 N–H and O–H groups in total. The van der Waals surface area contributed by atoms with Crippen molar-refractivity contribution in [3.05, 3.63) is 11.8 Å². The predicted molar refractivity (Wildman–Crippen MR) is 52.6 cm³/mol. The van der Waals surface area contributed by atoms with Crippen molar-refractivity contribution in [3.63, 3.8) is 0 Å². The van der Waals surface area contributed by atoms with Gasteiger partial charge in [0.25, 0.3) is 0 Å². The molecular formula is C10H17N3O. The smallest absolute Gasteiger partial charge is 0.232 e. The highest BCUT2D eigenvalue weighted by Crippen LogP contribution is 2.27. The molecule has 1 atom stereocenters. The zero-order valence-electron chi connectivity index (χ0n) is 8.57. The average molecular weight is 195 g/mol. The molecule has 0 amide bonds. The summed E-state index contributed by atoms with van der Waals surface area (Å²) in [6.07, 6.45) is 6.23.